The SMILES string of the molecule is O=C(NCc1cccc(OCC(F)(F)F)c1)C1CCCN(C(=O)Cc2ccccc2)C1. The number of likely N-dealkylation sites (tertiary alicyclic amines) is 1. The van der Waals surface area contributed by atoms with E-state index in [1.54, 1.807) is 17.0 Å². The van der Waals surface area contributed by atoms with Gasteiger partial charge < -0.3 is 15.0 Å². The molecular formula is C23H25F3N2O3. The van der Waals surface area contributed by atoms with Gasteiger partial charge in [0.25, 0.3) is 0 Å². The van der Waals surface area contributed by atoms with Crippen LogP contribution in [0, 0.1) is 5.92 Å². The molecule has 1 atom stereocenters. The highest BCUT2D eigenvalue weighted by Crippen LogP contribution is 2.20. The highest BCUT2D eigenvalue weighted by Gasteiger charge is 2.29. The van der Waals surface area contributed by atoms with E-state index in [0.717, 1.165) is 12.0 Å². The van der Waals surface area contributed by atoms with Crippen LogP contribution in [0.1, 0.15) is 24.0 Å². The summed E-state index contributed by atoms with van der Waals surface area (Å²) in [5, 5.41) is 2.82. The van der Waals surface area contributed by atoms with E-state index in [0.29, 0.717) is 31.5 Å². The number of halogens is 3. The van der Waals surface area contributed by atoms with Gasteiger partial charge in [0.05, 0.1) is 12.3 Å². The molecule has 5 nitrogen and oxygen atoms in total. The molecule has 0 aliphatic carbocycles. The molecule has 1 aliphatic rings. The Hall–Kier alpha value is -3.03. The number of rotatable bonds is 7. The van der Waals surface area contributed by atoms with Crippen molar-refractivity contribution in [3.05, 3.63) is 65.7 Å². The number of amides is 2. The van der Waals surface area contributed by atoms with Crippen molar-refractivity contribution < 1.29 is 27.5 Å². The summed E-state index contributed by atoms with van der Waals surface area (Å²) in [5.74, 6) is -0.380. The molecule has 2 amide bonds. The Labute approximate surface area is 179 Å². The van der Waals surface area contributed by atoms with Crippen molar-refractivity contribution in [2.75, 3.05) is 19.7 Å². The molecule has 1 unspecified atom stereocenters. The second-order valence-corrected chi connectivity index (χ2v) is 7.61. The minimum absolute atomic E-state index is 0.00165. The Morgan fingerprint density at radius 3 is 2.55 bits per heavy atom. The number of carbonyl (C=O) groups is 2. The minimum Gasteiger partial charge on any atom is -0.484 e. The first-order valence-electron chi connectivity index (χ1n) is 10.2. The smallest absolute Gasteiger partial charge is 0.422 e. The number of hydrogen-bond donors (Lipinski definition) is 1. The largest absolute Gasteiger partial charge is 0.484 e. The van der Waals surface area contributed by atoms with Gasteiger partial charge in [-0.15, -0.1) is 0 Å². The monoisotopic (exact) mass is 434 g/mol. The van der Waals surface area contributed by atoms with Crippen molar-refractivity contribution in [2.45, 2.75) is 32.0 Å². The van der Waals surface area contributed by atoms with Crippen LogP contribution in [0.15, 0.2) is 54.6 Å². The number of nitrogens with one attached hydrogen (secondary N) is 1. The van der Waals surface area contributed by atoms with Gasteiger partial charge in [-0.3, -0.25) is 9.59 Å². The van der Waals surface area contributed by atoms with E-state index in [1.165, 1.54) is 12.1 Å². The van der Waals surface area contributed by atoms with Crippen LogP contribution in [0.5, 0.6) is 5.75 Å². The van der Waals surface area contributed by atoms with Gasteiger partial charge in [0.15, 0.2) is 6.61 Å². The van der Waals surface area contributed by atoms with Gasteiger partial charge in [-0.2, -0.15) is 13.2 Å². The molecule has 8 heteroatoms. The lowest BCUT2D eigenvalue weighted by Gasteiger charge is -2.32. The molecular weight excluding hydrogens is 409 g/mol. The van der Waals surface area contributed by atoms with Crippen LogP contribution in [-0.4, -0.2) is 42.6 Å². The predicted molar refractivity (Wildman–Crippen MR) is 109 cm³/mol. The molecule has 1 fully saturated rings. The lowest BCUT2D eigenvalue weighted by atomic mass is 9.96. The number of piperidine rings is 1. The summed E-state index contributed by atoms with van der Waals surface area (Å²) in [6, 6.07) is 15.7. The zero-order valence-corrected chi connectivity index (χ0v) is 17.0. The lowest BCUT2D eigenvalue weighted by Crippen LogP contribution is -2.45. The van der Waals surface area contributed by atoms with Crippen molar-refractivity contribution in [3.8, 4) is 5.75 Å². The summed E-state index contributed by atoms with van der Waals surface area (Å²) in [5.41, 5.74) is 1.58. The van der Waals surface area contributed by atoms with E-state index >= 15 is 0 Å². The van der Waals surface area contributed by atoms with Gasteiger partial charge in [0.1, 0.15) is 5.75 Å². The summed E-state index contributed by atoms with van der Waals surface area (Å²) < 4.78 is 41.6. The normalized spacial score (nSPS) is 16.6. The van der Waals surface area contributed by atoms with Crippen LogP contribution in [0.2, 0.25) is 0 Å². The lowest BCUT2D eigenvalue weighted by molar-refractivity contribution is -0.153. The first-order chi connectivity index (χ1) is 14.8. The summed E-state index contributed by atoms with van der Waals surface area (Å²) in [6.45, 7) is -0.186. The molecule has 0 spiro atoms. The quantitative estimate of drug-likeness (QED) is 0.723. The molecule has 2 aromatic carbocycles. The zero-order valence-electron chi connectivity index (χ0n) is 17.0. The Bertz CT molecular complexity index is 887. The molecule has 31 heavy (non-hydrogen) atoms. The molecule has 166 valence electrons. The highest BCUT2D eigenvalue weighted by atomic mass is 19.4. The first kappa shape index (κ1) is 22.7. The highest BCUT2D eigenvalue weighted by molar-refractivity contribution is 5.82. The van der Waals surface area contributed by atoms with Crippen molar-refractivity contribution >= 4 is 11.8 Å². The second-order valence-electron chi connectivity index (χ2n) is 7.61. The molecule has 3 rings (SSSR count). The Morgan fingerprint density at radius 2 is 1.81 bits per heavy atom. The maximum absolute atomic E-state index is 12.6. The molecule has 1 aliphatic heterocycles. The van der Waals surface area contributed by atoms with Gasteiger partial charge in [-0.1, -0.05) is 42.5 Å². The van der Waals surface area contributed by atoms with Gasteiger partial charge in [-0.25, -0.2) is 0 Å². The average Bonchev–Trinajstić information content (AvgIpc) is 2.76. The van der Waals surface area contributed by atoms with E-state index < -0.39 is 12.8 Å². The predicted octanol–water partition coefficient (Wildman–Crippen LogP) is 3.73. The zero-order chi connectivity index (χ0) is 22.3. The van der Waals surface area contributed by atoms with Crippen LogP contribution in [-0.2, 0) is 22.6 Å². The molecule has 1 heterocycles. The van der Waals surface area contributed by atoms with E-state index in [-0.39, 0.29) is 30.0 Å². The molecule has 0 radical (unpaired) electrons. The molecule has 0 saturated carbocycles. The Morgan fingerprint density at radius 1 is 1.06 bits per heavy atom. The minimum atomic E-state index is -4.41. The van der Waals surface area contributed by atoms with E-state index in [2.05, 4.69) is 5.32 Å². The van der Waals surface area contributed by atoms with Gasteiger partial charge in [0, 0.05) is 19.6 Å². The number of ether oxygens (including phenoxy) is 1. The summed E-state index contributed by atoms with van der Waals surface area (Å²) >= 11 is 0. The third kappa shape index (κ3) is 7.31. The van der Waals surface area contributed by atoms with Crippen molar-refractivity contribution in [2.24, 2.45) is 5.92 Å². The third-order valence-electron chi connectivity index (χ3n) is 5.11. The van der Waals surface area contributed by atoms with Crippen LogP contribution in [0.4, 0.5) is 13.2 Å². The van der Waals surface area contributed by atoms with Crippen molar-refractivity contribution in [3.63, 3.8) is 0 Å². The van der Waals surface area contributed by atoms with E-state index in [1.807, 2.05) is 30.3 Å². The topological polar surface area (TPSA) is 58.6 Å². The first-order valence-corrected chi connectivity index (χ1v) is 10.2. The van der Waals surface area contributed by atoms with Crippen LogP contribution < -0.4 is 10.1 Å². The Kier molecular flexibility index (Phi) is 7.55. The fourth-order valence-corrected chi connectivity index (χ4v) is 3.54. The van der Waals surface area contributed by atoms with E-state index in [9.17, 15) is 22.8 Å². The van der Waals surface area contributed by atoms with Gasteiger partial charge in [0.2, 0.25) is 11.8 Å². The number of benzene rings is 2. The summed E-state index contributed by atoms with van der Waals surface area (Å²) in [7, 11) is 0. The number of alkyl halides is 3. The number of carbonyl (C=O) groups excluding carboxylic acids is 2. The van der Waals surface area contributed by atoms with Gasteiger partial charge >= 0.3 is 6.18 Å². The summed E-state index contributed by atoms with van der Waals surface area (Å²) in [6.07, 6.45) is -2.66. The third-order valence-corrected chi connectivity index (χ3v) is 5.11. The standard InChI is InChI=1S/C23H25F3N2O3/c24-23(25,26)16-31-20-10-4-8-18(12-20)14-27-22(30)19-9-5-11-28(15-19)21(29)13-17-6-2-1-3-7-17/h1-4,6-8,10,12,19H,5,9,11,13-16H2,(H,27,30). The Balaban J connectivity index is 1.49. The van der Waals surface area contributed by atoms with Crippen LogP contribution in [0.3, 0.4) is 0 Å². The van der Waals surface area contributed by atoms with E-state index in [4.69, 9.17) is 4.74 Å². The molecule has 0 aromatic heterocycles. The average molecular weight is 434 g/mol. The maximum Gasteiger partial charge on any atom is 0.422 e. The van der Waals surface area contributed by atoms with Crippen molar-refractivity contribution in [1.82, 2.24) is 10.2 Å². The van der Waals surface area contributed by atoms with Gasteiger partial charge in [-0.05, 0) is 36.1 Å². The van der Waals surface area contributed by atoms with Crippen molar-refractivity contribution in [1.29, 1.82) is 0 Å². The molecule has 1 saturated heterocycles. The van der Waals surface area contributed by atoms with Crippen LogP contribution >= 0.6 is 0 Å². The molecule has 2 aromatic rings. The number of hydrogen-bond acceptors (Lipinski definition) is 3. The maximum atomic E-state index is 12.6. The fraction of sp³-hybridized carbons (Fsp3) is 0.391. The fourth-order valence-electron chi connectivity index (χ4n) is 3.54. The van der Waals surface area contributed by atoms with Crippen LogP contribution in [0.25, 0.3) is 0 Å². The molecule has 1 N–H and O–H groups in total. The number of nitrogens with zero attached hydrogens (tertiary/aromatic N) is 1. The second kappa shape index (κ2) is 10.3. The summed E-state index contributed by atoms with van der Waals surface area (Å²) in [4.78, 5) is 26.9. The molecule has 0 bridgehead atoms.